The molecule has 0 bridgehead atoms. The molecule has 1 saturated heterocycles. The molecular formula is C16H22N6OS. The van der Waals surface area contributed by atoms with Gasteiger partial charge in [-0.05, 0) is 61.0 Å². The average molecular weight is 346 g/mol. The van der Waals surface area contributed by atoms with E-state index in [1.165, 1.54) is 26.3 Å². The number of carbonyl (C=O) groups excluding carboxylic acids is 1. The minimum atomic E-state index is -0.0973. The Kier molecular flexibility index (Phi) is 5.47. The molecular weight excluding hydrogens is 324 g/mol. The Hall–Kier alpha value is -1.93. The highest BCUT2D eigenvalue weighted by molar-refractivity contribution is 7.99. The maximum Gasteiger partial charge on any atom is 0.221 e. The number of anilines is 1. The number of hydrogen-bond acceptors (Lipinski definition) is 6. The van der Waals surface area contributed by atoms with Crippen molar-refractivity contribution in [2.75, 3.05) is 31.2 Å². The van der Waals surface area contributed by atoms with Gasteiger partial charge in [0.15, 0.2) is 0 Å². The lowest BCUT2D eigenvalue weighted by Gasteiger charge is -2.29. The molecule has 3 rings (SSSR count). The molecule has 1 aliphatic rings. The standard InChI is InChI=1S/C16H22N6OS/c1-12(23)17-14-6-3-7-15(9-14)22-16(18-19-20-22)24-11-13-5-4-8-21(2)10-13/h3,6-7,9,13H,4-5,8,10-11H2,1-2H3,(H,17,23)/t13-/m1/s1. The number of rotatable bonds is 5. The molecule has 1 fully saturated rings. The van der Waals surface area contributed by atoms with Crippen LogP contribution in [0.25, 0.3) is 5.69 Å². The van der Waals surface area contributed by atoms with E-state index in [4.69, 9.17) is 0 Å². The Morgan fingerprint density at radius 1 is 1.46 bits per heavy atom. The molecule has 2 aromatic rings. The zero-order chi connectivity index (χ0) is 16.9. The predicted molar refractivity (Wildman–Crippen MR) is 94.4 cm³/mol. The molecule has 128 valence electrons. The fourth-order valence-electron chi connectivity index (χ4n) is 2.95. The van der Waals surface area contributed by atoms with Crippen molar-refractivity contribution in [2.24, 2.45) is 5.92 Å². The van der Waals surface area contributed by atoms with E-state index >= 15 is 0 Å². The van der Waals surface area contributed by atoms with Crippen LogP contribution in [-0.2, 0) is 4.79 Å². The summed E-state index contributed by atoms with van der Waals surface area (Å²) >= 11 is 1.69. The monoisotopic (exact) mass is 346 g/mol. The van der Waals surface area contributed by atoms with Crippen LogP contribution >= 0.6 is 11.8 Å². The summed E-state index contributed by atoms with van der Waals surface area (Å²) in [5.74, 6) is 1.58. The normalized spacial score (nSPS) is 18.5. The molecule has 0 radical (unpaired) electrons. The Labute approximate surface area is 145 Å². The molecule has 24 heavy (non-hydrogen) atoms. The van der Waals surface area contributed by atoms with Crippen LogP contribution in [0.2, 0.25) is 0 Å². The van der Waals surface area contributed by atoms with E-state index in [2.05, 4.69) is 32.8 Å². The fourth-order valence-corrected chi connectivity index (χ4v) is 3.97. The summed E-state index contributed by atoms with van der Waals surface area (Å²) in [5.41, 5.74) is 1.58. The molecule has 0 saturated carbocycles. The molecule has 0 aliphatic carbocycles. The van der Waals surface area contributed by atoms with Crippen molar-refractivity contribution in [2.45, 2.75) is 24.9 Å². The third-order valence-electron chi connectivity index (χ3n) is 4.02. The first-order valence-electron chi connectivity index (χ1n) is 8.09. The van der Waals surface area contributed by atoms with Gasteiger partial charge in [-0.1, -0.05) is 17.8 Å². The maximum atomic E-state index is 11.2. The first-order valence-corrected chi connectivity index (χ1v) is 9.08. The number of nitrogens with one attached hydrogen (secondary N) is 1. The van der Waals surface area contributed by atoms with Crippen molar-refractivity contribution >= 4 is 23.4 Å². The Morgan fingerprint density at radius 3 is 3.12 bits per heavy atom. The summed E-state index contributed by atoms with van der Waals surface area (Å²) in [4.78, 5) is 13.6. The van der Waals surface area contributed by atoms with Crippen LogP contribution in [0.5, 0.6) is 0 Å². The van der Waals surface area contributed by atoms with Gasteiger partial charge in [0, 0.05) is 24.9 Å². The van der Waals surface area contributed by atoms with E-state index in [-0.39, 0.29) is 5.91 Å². The number of carbonyl (C=O) groups is 1. The van der Waals surface area contributed by atoms with Crippen molar-refractivity contribution in [3.8, 4) is 5.69 Å². The molecule has 1 N–H and O–H groups in total. The van der Waals surface area contributed by atoms with Crippen LogP contribution in [0.3, 0.4) is 0 Å². The summed E-state index contributed by atoms with van der Waals surface area (Å²) in [6, 6.07) is 7.53. The number of piperidine rings is 1. The quantitative estimate of drug-likeness (QED) is 0.835. The van der Waals surface area contributed by atoms with Crippen molar-refractivity contribution in [1.29, 1.82) is 0 Å². The van der Waals surface area contributed by atoms with Gasteiger partial charge >= 0.3 is 0 Å². The van der Waals surface area contributed by atoms with E-state index in [1.807, 2.05) is 24.3 Å². The summed E-state index contributed by atoms with van der Waals surface area (Å²) in [6.07, 6.45) is 2.52. The first-order chi connectivity index (χ1) is 11.6. The SMILES string of the molecule is CC(=O)Nc1cccc(-n2nnnc2SC[C@@H]2CCCN(C)C2)c1. The Morgan fingerprint density at radius 2 is 2.33 bits per heavy atom. The highest BCUT2D eigenvalue weighted by Crippen LogP contribution is 2.25. The molecule has 0 unspecified atom stereocenters. The molecule has 8 heteroatoms. The second-order valence-electron chi connectivity index (χ2n) is 6.19. The summed E-state index contributed by atoms with van der Waals surface area (Å²) < 4.78 is 1.72. The first kappa shape index (κ1) is 16.9. The topological polar surface area (TPSA) is 75.9 Å². The van der Waals surface area contributed by atoms with Crippen LogP contribution in [-0.4, -0.2) is 56.9 Å². The number of tetrazole rings is 1. The Balaban J connectivity index is 1.69. The van der Waals surface area contributed by atoms with Gasteiger partial charge in [0.25, 0.3) is 0 Å². The molecule has 1 aliphatic heterocycles. The summed E-state index contributed by atoms with van der Waals surface area (Å²) in [5, 5.41) is 15.6. The minimum Gasteiger partial charge on any atom is -0.326 e. The number of aromatic nitrogens is 4. The van der Waals surface area contributed by atoms with Crippen LogP contribution in [0.4, 0.5) is 5.69 Å². The van der Waals surface area contributed by atoms with Crippen molar-refractivity contribution in [1.82, 2.24) is 25.1 Å². The number of nitrogens with zero attached hydrogens (tertiary/aromatic N) is 5. The second-order valence-corrected chi connectivity index (χ2v) is 7.17. The van der Waals surface area contributed by atoms with E-state index in [9.17, 15) is 4.79 Å². The van der Waals surface area contributed by atoms with Gasteiger partial charge in [0.2, 0.25) is 11.1 Å². The number of thioether (sulfide) groups is 1. The van der Waals surface area contributed by atoms with Crippen molar-refractivity contribution < 1.29 is 4.79 Å². The lowest BCUT2D eigenvalue weighted by atomic mass is 10.0. The van der Waals surface area contributed by atoms with Gasteiger partial charge in [0.1, 0.15) is 0 Å². The largest absolute Gasteiger partial charge is 0.326 e. The summed E-state index contributed by atoms with van der Waals surface area (Å²) in [7, 11) is 2.18. The van der Waals surface area contributed by atoms with Gasteiger partial charge in [0.05, 0.1) is 5.69 Å². The van der Waals surface area contributed by atoms with Gasteiger partial charge in [-0.3, -0.25) is 4.79 Å². The molecule has 0 spiro atoms. The van der Waals surface area contributed by atoms with E-state index < -0.39 is 0 Å². The number of benzene rings is 1. The van der Waals surface area contributed by atoms with Gasteiger partial charge in [-0.2, -0.15) is 4.68 Å². The number of amides is 1. The van der Waals surface area contributed by atoms with Crippen LogP contribution < -0.4 is 5.32 Å². The average Bonchev–Trinajstić information content (AvgIpc) is 3.01. The van der Waals surface area contributed by atoms with Crippen LogP contribution in [0.15, 0.2) is 29.4 Å². The van der Waals surface area contributed by atoms with Gasteiger partial charge < -0.3 is 10.2 Å². The summed E-state index contributed by atoms with van der Waals surface area (Å²) in [6.45, 7) is 3.81. The third-order valence-corrected chi connectivity index (χ3v) is 5.17. The van der Waals surface area contributed by atoms with Gasteiger partial charge in [-0.25, -0.2) is 0 Å². The van der Waals surface area contributed by atoms with Crippen molar-refractivity contribution in [3.05, 3.63) is 24.3 Å². The second kappa shape index (κ2) is 7.76. The maximum absolute atomic E-state index is 11.2. The lowest BCUT2D eigenvalue weighted by molar-refractivity contribution is -0.114. The molecule has 1 aromatic heterocycles. The molecule has 2 heterocycles. The smallest absolute Gasteiger partial charge is 0.221 e. The molecule has 1 aromatic carbocycles. The van der Waals surface area contributed by atoms with Crippen molar-refractivity contribution in [3.63, 3.8) is 0 Å². The van der Waals surface area contributed by atoms with E-state index in [0.29, 0.717) is 5.92 Å². The number of hydrogen-bond donors (Lipinski definition) is 1. The molecule has 1 atom stereocenters. The highest BCUT2D eigenvalue weighted by atomic mass is 32.2. The predicted octanol–water partition coefficient (Wildman–Crippen LogP) is 2.05. The highest BCUT2D eigenvalue weighted by Gasteiger charge is 2.19. The van der Waals surface area contributed by atoms with E-state index in [0.717, 1.165) is 28.8 Å². The zero-order valence-corrected chi connectivity index (χ0v) is 14.8. The minimum absolute atomic E-state index is 0.0973. The molecule has 7 nitrogen and oxygen atoms in total. The Bertz CT molecular complexity index is 703. The number of likely N-dealkylation sites (tertiary alicyclic amines) is 1. The van der Waals surface area contributed by atoms with Crippen LogP contribution in [0.1, 0.15) is 19.8 Å². The lowest BCUT2D eigenvalue weighted by Crippen LogP contribution is -2.33. The fraction of sp³-hybridized carbons (Fsp3) is 0.500. The van der Waals surface area contributed by atoms with Crippen LogP contribution in [0, 0.1) is 5.92 Å². The van der Waals surface area contributed by atoms with Gasteiger partial charge in [-0.15, -0.1) is 5.10 Å². The zero-order valence-electron chi connectivity index (χ0n) is 14.0. The molecule has 1 amide bonds. The van der Waals surface area contributed by atoms with E-state index in [1.54, 1.807) is 16.4 Å². The third kappa shape index (κ3) is 4.33.